The summed E-state index contributed by atoms with van der Waals surface area (Å²) in [5, 5.41) is 0.759. The molecule has 1 nitrogen and oxygen atoms in total. The number of aryl methyl sites for hydroxylation is 1. The molecule has 2 N–H and O–H groups in total. The van der Waals surface area contributed by atoms with Crippen molar-refractivity contribution in [3.8, 4) is 0 Å². The molecule has 58 valence electrons. The van der Waals surface area contributed by atoms with Crippen LogP contribution in [-0.2, 0) is 0 Å². The molecule has 0 unspecified atom stereocenters. The van der Waals surface area contributed by atoms with E-state index in [4.69, 9.17) is 17.3 Å². The zero-order chi connectivity index (χ0) is 8.43. The lowest BCUT2D eigenvalue weighted by atomic mass is 10.1. The molecule has 1 aromatic rings. The summed E-state index contributed by atoms with van der Waals surface area (Å²) in [7, 11) is 0. The molecule has 11 heavy (non-hydrogen) atoms. The molecule has 0 aliphatic rings. The van der Waals surface area contributed by atoms with Crippen LogP contribution in [0.3, 0.4) is 0 Å². The lowest BCUT2D eigenvalue weighted by molar-refractivity contribution is 1.43. The average molecular weight is 168 g/mol. The van der Waals surface area contributed by atoms with Crippen LogP contribution in [-0.4, -0.2) is 0 Å². The van der Waals surface area contributed by atoms with Gasteiger partial charge in [-0.25, -0.2) is 0 Å². The summed E-state index contributed by atoms with van der Waals surface area (Å²) >= 11 is 5.81. The second-order valence-corrected chi connectivity index (χ2v) is 2.90. The molecule has 0 amide bonds. The van der Waals surface area contributed by atoms with E-state index in [0.29, 0.717) is 5.70 Å². The van der Waals surface area contributed by atoms with Gasteiger partial charge in [0.15, 0.2) is 0 Å². The van der Waals surface area contributed by atoms with Gasteiger partial charge >= 0.3 is 0 Å². The first kappa shape index (κ1) is 8.15. The van der Waals surface area contributed by atoms with Crippen molar-refractivity contribution in [2.24, 2.45) is 5.73 Å². The Morgan fingerprint density at radius 1 is 1.55 bits per heavy atom. The highest BCUT2D eigenvalue weighted by Gasteiger charge is 1.97. The molecule has 0 heterocycles. The first-order chi connectivity index (χ1) is 5.11. The van der Waals surface area contributed by atoms with Crippen LogP contribution in [0.5, 0.6) is 0 Å². The standard InChI is InChI=1S/C9H10ClN/c1-6-5-8(7(2)11)3-4-9(6)10/h3-5H,2,11H2,1H3. The Kier molecular flexibility index (Phi) is 2.20. The molecule has 0 saturated carbocycles. The van der Waals surface area contributed by atoms with Crippen LogP contribution in [0.2, 0.25) is 5.02 Å². The second-order valence-electron chi connectivity index (χ2n) is 2.49. The van der Waals surface area contributed by atoms with Crippen LogP contribution in [0.4, 0.5) is 0 Å². The van der Waals surface area contributed by atoms with E-state index in [-0.39, 0.29) is 0 Å². The lowest BCUT2D eigenvalue weighted by Crippen LogP contribution is -1.93. The van der Waals surface area contributed by atoms with Gasteiger partial charge in [-0.3, -0.25) is 0 Å². The van der Waals surface area contributed by atoms with Gasteiger partial charge in [0.2, 0.25) is 0 Å². The fourth-order valence-electron chi connectivity index (χ4n) is 0.844. The van der Waals surface area contributed by atoms with Crippen LogP contribution >= 0.6 is 11.6 Å². The summed E-state index contributed by atoms with van der Waals surface area (Å²) in [6, 6.07) is 5.60. The number of benzene rings is 1. The van der Waals surface area contributed by atoms with Crippen molar-refractivity contribution >= 4 is 17.3 Å². The smallest absolute Gasteiger partial charge is 0.0435 e. The Morgan fingerprint density at radius 2 is 2.18 bits per heavy atom. The molecule has 1 aromatic carbocycles. The highest BCUT2D eigenvalue weighted by molar-refractivity contribution is 6.31. The minimum atomic E-state index is 0.574. The van der Waals surface area contributed by atoms with Crippen molar-refractivity contribution in [2.75, 3.05) is 0 Å². The lowest BCUT2D eigenvalue weighted by Gasteiger charge is -2.01. The predicted octanol–water partition coefficient (Wildman–Crippen LogP) is 2.58. The molecule has 0 atom stereocenters. The summed E-state index contributed by atoms with van der Waals surface area (Å²) in [5.41, 5.74) is 8.03. The van der Waals surface area contributed by atoms with E-state index in [1.165, 1.54) is 0 Å². The molecule has 0 fully saturated rings. The Balaban J connectivity index is 3.15. The maximum Gasteiger partial charge on any atom is 0.0435 e. The number of hydrogen-bond donors (Lipinski definition) is 1. The summed E-state index contributed by atoms with van der Waals surface area (Å²) in [6.07, 6.45) is 0. The summed E-state index contributed by atoms with van der Waals surface area (Å²) in [4.78, 5) is 0. The zero-order valence-electron chi connectivity index (χ0n) is 6.39. The van der Waals surface area contributed by atoms with Crippen molar-refractivity contribution in [2.45, 2.75) is 6.92 Å². The summed E-state index contributed by atoms with van der Waals surface area (Å²) in [5.74, 6) is 0. The van der Waals surface area contributed by atoms with Crippen LogP contribution in [0, 0.1) is 6.92 Å². The Bertz CT molecular complexity index is 292. The van der Waals surface area contributed by atoms with Gasteiger partial charge in [0.1, 0.15) is 0 Å². The molecule has 1 rings (SSSR count). The molecular weight excluding hydrogens is 158 g/mol. The summed E-state index contributed by atoms with van der Waals surface area (Å²) < 4.78 is 0. The Hall–Kier alpha value is -0.950. The number of rotatable bonds is 1. The third-order valence-electron chi connectivity index (χ3n) is 1.53. The molecule has 0 saturated heterocycles. The number of nitrogens with two attached hydrogens (primary N) is 1. The quantitative estimate of drug-likeness (QED) is 0.684. The minimum Gasteiger partial charge on any atom is -0.399 e. The molecular formula is C9H10ClN. The molecule has 0 radical (unpaired) electrons. The van der Waals surface area contributed by atoms with Gasteiger partial charge in [-0.05, 0) is 30.2 Å². The van der Waals surface area contributed by atoms with Crippen molar-refractivity contribution in [3.05, 3.63) is 40.9 Å². The van der Waals surface area contributed by atoms with Crippen molar-refractivity contribution in [3.63, 3.8) is 0 Å². The molecule has 0 spiro atoms. The zero-order valence-corrected chi connectivity index (χ0v) is 7.15. The van der Waals surface area contributed by atoms with E-state index in [1.54, 1.807) is 0 Å². The molecule has 0 aliphatic heterocycles. The Morgan fingerprint density at radius 3 is 2.64 bits per heavy atom. The fourth-order valence-corrected chi connectivity index (χ4v) is 0.962. The number of hydrogen-bond acceptors (Lipinski definition) is 1. The largest absolute Gasteiger partial charge is 0.399 e. The van der Waals surface area contributed by atoms with Gasteiger partial charge in [0.05, 0.1) is 0 Å². The van der Waals surface area contributed by atoms with Crippen molar-refractivity contribution in [1.82, 2.24) is 0 Å². The third kappa shape index (κ3) is 1.75. The second kappa shape index (κ2) is 2.97. The van der Waals surface area contributed by atoms with E-state index in [1.807, 2.05) is 25.1 Å². The maximum atomic E-state index is 5.81. The van der Waals surface area contributed by atoms with Crippen LogP contribution in [0.1, 0.15) is 11.1 Å². The summed E-state index contributed by atoms with van der Waals surface area (Å²) in [6.45, 7) is 5.57. The predicted molar refractivity (Wildman–Crippen MR) is 49.4 cm³/mol. The normalized spacial score (nSPS) is 9.64. The van der Waals surface area contributed by atoms with Crippen LogP contribution < -0.4 is 5.73 Å². The van der Waals surface area contributed by atoms with Crippen LogP contribution in [0.15, 0.2) is 24.8 Å². The molecule has 2 heteroatoms. The van der Waals surface area contributed by atoms with Gasteiger partial charge in [-0.2, -0.15) is 0 Å². The van der Waals surface area contributed by atoms with Crippen molar-refractivity contribution < 1.29 is 0 Å². The van der Waals surface area contributed by atoms with Crippen LogP contribution in [0.25, 0.3) is 5.70 Å². The topological polar surface area (TPSA) is 26.0 Å². The van der Waals surface area contributed by atoms with Gasteiger partial charge in [-0.15, -0.1) is 0 Å². The van der Waals surface area contributed by atoms with E-state index < -0.39 is 0 Å². The first-order valence-electron chi connectivity index (χ1n) is 3.32. The van der Waals surface area contributed by atoms with E-state index in [9.17, 15) is 0 Å². The number of halogens is 1. The fraction of sp³-hybridized carbons (Fsp3) is 0.111. The monoisotopic (exact) mass is 167 g/mol. The SMILES string of the molecule is C=C(N)c1ccc(Cl)c(C)c1. The van der Waals surface area contributed by atoms with Gasteiger partial charge in [0.25, 0.3) is 0 Å². The first-order valence-corrected chi connectivity index (χ1v) is 3.70. The van der Waals surface area contributed by atoms with E-state index in [2.05, 4.69) is 6.58 Å². The molecule has 0 aromatic heterocycles. The Labute approximate surface area is 71.5 Å². The van der Waals surface area contributed by atoms with Gasteiger partial charge in [0, 0.05) is 10.7 Å². The van der Waals surface area contributed by atoms with Crippen molar-refractivity contribution in [1.29, 1.82) is 0 Å². The molecule has 0 bridgehead atoms. The minimum absolute atomic E-state index is 0.574. The highest BCUT2D eigenvalue weighted by Crippen LogP contribution is 2.18. The highest BCUT2D eigenvalue weighted by atomic mass is 35.5. The average Bonchev–Trinajstić information content (AvgIpc) is 1.94. The molecule has 0 aliphatic carbocycles. The van der Waals surface area contributed by atoms with Gasteiger partial charge in [-0.1, -0.05) is 24.2 Å². The van der Waals surface area contributed by atoms with E-state index in [0.717, 1.165) is 16.1 Å². The van der Waals surface area contributed by atoms with E-state index >= 15 is 0 Å². The van der Waals surface area contributed by atoms with Gasteiger partial charge < -0.3 is 5.73 Å². The maximum absolute atomic E-state index is 5.81. The third-order valence-corrected chi connectivity index (χ3v) is 1.95.